The molecule has 0 bridgehead atoms. The summed E-state index contributed by atoms with van der Waals surface area (Å²) in [5.41, 5.74) is 2.26. The van der Waals surface area contributed by atoms with E-state index in [0.717, 1.165) is 17.1 Å². The van der Waals surface area contributed by atoms with Crippen LogP contribution in [0.25, 0.3) is 10.8 Å². The number of hydrogen-bond donors (Lipinski definition) is 0. The quantitative estimate of drug-likeness (QED) is 0.684. The molecule has 3 aromatic carbocycles. The van der Waals surface area contributed by atoms with E-state index in [1.807, 2.05) is 43.4 Å². The van der Waals surface area contributed by atoms with Crippen LogP contribution in [0.1, 0.15) is 17.5 Å². The first-order chi connectivity index (χ1) is 13.2. The summed E-state index contributed by atoms with van der Waals surface area (Å²) in [6.07, 6.45) is 1.16. The number of benzene rings is 3. The van der Waals surface area contributed by atoms with Crippen LogP contribution in [0, 0.1) is 0 Å². The predicted molar refractivity (Wildman–Crippen MR) is 106 cm³/mol. The standard InChI is InChI=1S/C23H23NO3/c1-24(16-19-7-4-6-18-5-2-3-8-20(18)19)23(25)12-10-17-9-11-21-22(15-17)27-14-13-26-21/h2-9,11,15H,10,12-14,16H2,1H3. The van der Waals surface area contributed by atoms with Gasteiger partial charge < -0.3 is 14.4 Å². The van der Waals surface area contributed by atoms with Crippen LogP contribution in [0.3, 0.4) is 0 Å². The Kier molecular flexibility index (Phi) is 4.97. The lowest BCUT2D eigenvalue weighted by Gasteiger charge is -2.20. The van der Waals surface area contributed by atoms with E-state index in [1.165, 1.54) is 16.3 Å². The van der Waals surface area contributed by atoms with Gasteiger partial charge in [0.15, 0.2) is 11.5 Å². The van der Waals surface area contributed by atoms with Crippen molar-refractivity contribution in [2.24, 2.45) is 0 Å². The molecule has 0 unspecified atom stereocenters. The van der Waals surface area contributed by atoms with E-state index in [4.69, 9.17) is 9.47 Å². The second-order valence-corrected chi connectivity index (χ2v) is 6.87. The lowest BCUT2D eigenvalue weighted by molar-refractivity contribution is -0.130. The first-order valence-corrected chi connectivity index (χ1v) is 9.30. The minimum absolute atomic E-state index is 0.137. The number of fused-ring (bicyclic) bond motifs is 2. The molecule has 138 valence electrons. The fourth-order valence-electron chi connectivity index (χ4n) is 3.46. The summed E-state index contributed by atoms with van der Waals surface area (Å²) >= 11 is 0. The SMILES string of the molecule is CN(Cc1cccc2ccccc12)C(=O)CCc1ccc2c(c1)OCCO2. The number of amides is 1. The second kappa shape index (κ2) is 7.70. The van der Waals surface area contributed by atoms with Gasteiger partial charge in [0.25, 0.3) is 0 Å². The molecule has 3 aromatic rings. The Balaban J connectivity index is 1.39. The van der Waals surface area contributed by atoms with Gasteiger partial charge in [-0.15, -0.1) is 0 Å². The first-order valence-electron chi connectivity index (χ1n) is 9.30. The van der Waals surface area contributed by atoms with Crippen LogP contribution in [-0.4, -0.2) is 31.1 Å². The Labute approximate surface area is 159 Å². The molecular weight excluding hydrogens is 338 g/mol. The smallest absolute Gasteiger partial charge is 0.222 e. The van der Waals surface area contributed by atoms with Gasteiger partial charge in [-0.25, -0.2) is 0 Å². The molecule has 27 heavy (non-hydrogen) atoms. The van der Waals surface area contributed by atoms with Crippen LogP contribution < -0.4 is 9.47 Å². The third-order valence-corrected chi connectivity index (χ3v) is 4.95. The third-order valence-electron chi connectivity index (χ3n) is 4.95. The molecule has 1 heterocycles. The highest BCUT2D eigenvalue weighted by atomic mass is 16.6. The zero-order valence-corrected chi connectivity index (χ0v) is 15.5. The Morgan fingerprint density at radius 3 is 2.63 bits per heavy atom. The van der Waals surface area contributed by atoms with Crippen molar-refractivity contribution in [3.8, 4) is 11.5 Å². The van der Waals surface area contributed by atoms with Crippen molar-refractivity contribution in [1.82, 2.24) is 4.90 Å². The van der Waals surface area contributed by atoms with Crippen LogP contribution in [0.2, 0.25) is 0 Å². The van der Waals surface area contributed by atoms with Gasteiger partial charge in [0.05, 0.1) is 0 Å². The van der Waals surface area contributed by atoms with E-state index < -0.39 is 0 Å². The van der Waals surface area contributed by atoms with Gasteiger partial charge in [0.1, 0.15) is 13.2 Å². The topological polar surface area (TPSA) is 38.8 Å². The van der Waals surface area contributed by atoms with Crippen molar-refractivity contribution in [1.29, 1.82) is 0 Å². The van der Waals surface area contributed by atoms with Gasteiger partial charge in [0.2, 0.25) is 5.91 Å². The molecule has 0 aromatic heterocycles. The van der Waals surface area contributed by atoms with E-state index in [-0.39, 0.29) is 5.91 Å². The number of rotatable bonds is 5. The summed E-state index contributed by atoms with van der Waals surface area (Å²) in [7, 11) is 1.87. The van der Waals surface area contributed by atoms with Crippen molar-refractivity contribution >= 4 is 16.7 Å². The lowest BCUT2D eigenvalue weighted by Crippen LogP contribution is -2.26. The molecule has 4 nitrogen and oxygen atoms in total. The van der Waals surface area contributed by atoms with Gasteiger partial charge in [-0.2, -0.15) is 0 Å². The van der Waals surface area contributed by atoms with Gasteiger partial charge in [-0.3, -0.25) is 4.79 Å². The van der Waals surface area contributed by atoms with E-state index in [9.17, 15) is 4.79 Å². The summed E-state index contributed by atoms with van der Waals surface area (Å²) in [6.45, 7) is 1.77. The number of nitrogens with zero attached hydrogens (tertiary/aromatic N) is 1. The Bertz CT molecular complexity index is 961. The molecule has 0 N–H and O–H groups in total. The zero-order valence-electron chi connectivity index (χ0n) is 15.5. The third kappa shape index (κ3) is 3.90. The van der Waals surface area contributed by atoms with Crippen LogP contribution in [0.15, 0.2) is 60.7 Å². The molecule has 0 aliphatic carbocycles. The van der Waals surface area contributed by atoms with Crippen molar-refractivity contribution in [2.75, 3.05) is 20.3 Å². The fourth-order valence-corrected chi connectivity index (χ4v) is 3.46. The number of aryl methyl sites for hydroxylation is 1. The first kappa shape index (κ1) is 17.4. The van der Waals surface area contributed by atoms with Crippen molar-refractivity contribution in [3.63, 3.8) is 0 Å². The molecular formula is C23H23NO3. The van der Waals surface area contributed by atoms with Gasteiger partial charge in [0, 0.05) is 20.0 Å². The average Bonchev–Trinajstić information content (AvgIpc) is 2.72. The van der Waals surface area contributed by atoms with E-state index in [1.54, 1.807) is 4.90 Å². The Hall–Kier alpha value is -3.01. The van der Waals surface area contributed by atoms with Gasteiger partial charge >= 0.3 is 0 Å². The van der Waals surface area contributed by atoms with E-state index in [2.05, 4.69) is 24.3 Å². The minimum Gasteiger partial charge on any atom is -0.486 e. The molecule has 0 saturated carbocycles. The summed E-state index contributed by atoms with van der Waals surface area (Å²) in [4.78, 5) is 14.4. The molecule has 0 saturated heterocycles. The molecule has 0 spiro atoms. The molecule has 1 aliphatic heterocycles. The molecule has 0 radical (unpaired) electrons. The van der Waals surface area contributed by atoms with Crippen LogP contribution in [0.5, 0.6) is 11.5 Å². The minimum atomic E-state index is 0.137. The Morgan fingerprint density at radius 1 is 0.963 bits per heavy atom. The largest absolute Gasteiger partial charge is 0.486 e. The lowest BCUT2D eigenvalue weighted by atomic mass is 10.0. The second-order valence-electron chi connectivity index (χ2n) is 6.87. The van der Waals surface area contributed by atoms with Gasteiger partial charge in [-0.05, 0) is 40.5 Å². The maximum Gasteiger partial charge on any atom is 0.222 e. The summed E-state index contributed by atoms with van der Waals surface area (Å²) in [5.74, 6) is 1.69. The zero-order chi connectivity index (χ0) is 18.6. The van der Waals surface area contributed by atoms with E-state index in [0.29, 0.717) is 32.6 Å². The Morgan fingerprint density at radius 2 is 1.74 bits per heavy atom. The average molecular weight is 361 g/mol. The fraction of sp³-hybridized carbons (Fsp3) is 0.261. The molecule has 1 amide bonds. The highest BCUT2D eigenvalue weighted by Crippen LogP contribution is 2.31. The number of carbonyl (C=O) groups is 1. The number of hydrogen-bond acceptors (Lipinski definition) is 3. The van der Waals surface area contributed by atoms with Crippen LogP contribution in [0.4, 0.5) is 0 Å². The van der Waals surface area contributed by atoms with Crippen molar-refractivity contribution < 1.29 is 14.3 Å². The molecule has 0 fully saturated rings. The molecule has 0 atom stereocenters. The van der Waals surface area contributed by atoms with Crippen LogP contribution >= 0.6 is 0 Å². The predicted octanol–water partition coefficient (Wildman–Crippen LogP) is 4.20. The maximum atomic E-state index is 12.6. The summed E-state index contributed by atoms with van der Waals surface area (Å²) < 4.78 is 11.2. The molecule has 1 aliphatic rings. The molecule has 4 rings (SSSR count). The van der Waals surface area contributed by atoms with Crippen molar-refractivity contribution in [3.05, 3.63) is 71.8 Å². The van der Waals surface area contributed by atoms with E-state index >= 15 is 0 Å². The maximum absolute atomic E-state index is 12.6. The monoisotopic (exact) mass is 361 g/mol. The van der Waals surface area contributed by atoms with Crippen LogP contribution in [-0.2, 0) is 17.8 Å². The van der Waals surface area contributed by atoms with Crippen molar-refractivity contribution in [2.45, 2.75) is 19.4 Å². The summed E-state index contributed by atoms with van der Waals surface area (Å²) in [6, 6.07) is 20.4. The van der Waals surface area contributed by atoms with Gasteiger partial charge in [-0.1, -0.05) is 48.5 Å². The highest BCUT2D eigenvalue weighted by molar-refractivity contribution is 5.86. The molecule has 4 heteroatoms. The highest BCUT2D eigenvalue weighted by Gasteiger charge is 2.14. The number of carbonyl (C=O) groups excluding carboxylic acids is 1. The number of ether oxygens (including phenoxy) is 2. The summed E-state index contributed by atoms with van der Waals surface area (Å²) in [5, 5.41) is 2.40. The normalized spacial score (nSPS) is 12.8.